The van der Waals surface area contributed by atoms with E-state index >= 15 is 0 Å². The van der Waals surface area contributed by atoms with Gasteiger partial charge in [-0.1, -0.05) is 6.07 Å². The zero-order valence-corrected chi connectivity index (χ0v) is 12.0. The van der Waals surface area contributed by atoms with Gasteiger partial charge in [-0.05, 0) is 20.2 Å². The molecule has 0 spiro atoms. The van der Waals surface area contributed by atoms with E-state index in [4.69, 9.17) is 9.84 Å². The Labute approximate surface area is 122 Å². The maximum atomic E-state index is 11.1. The molecule has 8 heteroatoms. The Morgan fingerprint density at radius 1 is 1.43 bits per heavy atom. The summed E-state index contributed by atoms with van der Waals surface area (Å²) in [5.74, 6) is -1.21. The summed E-state index contributed by atoms with van der Waals surface area (Å²) in [7, 11) is 3.85. The largest absolute Gasteiger partial charge is 0.478 e. The number of nitro benzene ring substituents is 1. The van der Waals surface area contributed by atoms with Crippen LogP contribution in [0.3, 0.4) is 0 Å². The molecule has 1 aromatic rings. The van der Waals surface area contributed by atoms with Gasteiger partial charge in [0.15, 0.2) is 0 Å². The van der Waals surface area contributed by atoms with Crippen LogP contribution in [0.15, 0.2) is 18.2 Å². The number of anilines is 1. The highest BCUT2D eigenvalue weighted by Crippen LogP contribution is 2.28. The molecule has 0 radical (unpaired) electrons. The summed E-state index contributed by atoms with van der Waals surface area (Å²) >= 11 is 0. The van der Waals surface area contributed by atoms with Crippen molar-refractivity contribution in [2.45, 2.75) is 0 Å². The first-order chi connectivity index (χ1) is 9.93. The maximum absolute atomic E-state index is 11.1. The molecule has 0 unspecified atom stereocenters. The van der Waals surface area contributed by atoms with E-state index in [1.165, 1.54) is 18.2 Å². The smallest absolute Gasteiger partial charge is 0.338 e. The van der Waals surface area contributed by atoms with Gasteiger partial charge in [0.25, 0.3) is 5.69 Å². The minimum Gasteiger partial charge on any atom is -0.478 e. The molecule has 0 amide bonds. The lowest BCUT2D eigenvalue weighted by molar-refractivity contribution is -0.384. The summed E-state index contributed by atoms with van der Waals surface area (Å²) in [5.41, 5.74) is -0.383. The highest BCUT2D eigenvalue weighted by atomic mass is 16.6. The normalized spacial score (nSPS) is 10.6. The monoisotopic (exact) mass is 297 g/mol. The third-order valence-corrected chi connectivity index (χ3v) is 2.70. The summed E-state index contributed by atoms with van der Waals surface area (Å²) in [6, 6.07) is 3.94. The van der Waals surface area contributed by atoms with Crippen LogP contribution in [0.5, 0.6) is 0 Å². The second-order valence-corrected chi connectivity index (χ2v) is 4.60. The van der Waals surface area contributed by atoms with E-state index in [2.05, 4.69) is 5.32 Å². The fourth-order valence-corrected chi connectivity index (χ4v) is 1.65. The molecule has 2 N–H and O–H groups in total. The van der Waals surface area contributed by atoms with Crippen LogP contribution >= 0.6 is 0 Å². The molecule has 8 nitrogen and oxygen atoms in total. The number of carbonyl (C=O) groups is 1. The van der Waals surface area contributed by atoms with Gasteiger partial charge in [0.2, 0.25) is 0 Å². The van der Waals surface area contributed by atoms with E-state index in [1.54, 1.807) is 0 Å². The molecule has 0 fully saturated rings. The minimum absolute atomic E-state index is 0.00575. The van der Waals surface area contributed by atoms with Gasteiger partial charge in [0.1, 0.15) is 5.69 Å². The molecular formula is C13H19N3O5. The molecule has 1 rings (SSSR count). The van der Waals surface area contributed by atoms with Crippen molar-refractivity contribution in [2.75, 3.05) is 45.7 Å². The molecule has 0 saturated carbocycles. The average molecular weight is 297 g/mol. The summed E-state index contributed by atoms with van der Waals surface area (Å²) in [5, 5.41) is 22.8. The number of nitrogens with one attached hydrogen (secondary N) is 1. The van der Waals surface area contributed by atoms with Crippen molar-refractivity contribution >= 4 is 17.3 Å². The van der Waals surface area contributed by atoms with Crippen LogP contribution in [0.4, 0.5) is 11.4 Å². The number of benzene rings is 1. The molecule has 0 atom stereocenters. The predicted octanol–water partition coefficient (Wildman–Crippen LogP) is 1.28. The summed E-state index contributed by atoms with van der Waals surface area (Å²) in [6.07, 6.45) is 0. The Morgan fingerprint density at radius 2 is 2.14 bits per heavy atom. The van der Waals surface area contributed by atoms with E-state index in [-0.39, 0.29) is 16.9 Å². The molecular weight excluding hydrogens is 278 g/mol. The van der Waals surface area contributed by atoms with Crippen molar-refractivity contribution < 1.29 is 19.6 Å². The fourth-order valence-electron chi connectivity index (χ4n) is 1.65. The third-order valence-electron chi connectivity index (χ3n) is 2.70. The van der Waals surface area contributed by atoms with E-state index in [1.807, 2.05) is 19.0 Å². The molecule has 0 aliphatic carbocycles. The number of likely N-dealkylation sites (N-methyl/N-ethyl adjacent to an activating group) is 1. The van der Waals surface area contributed by atoms with Gasteiger partial charge in [-0.3, -0.25) is 10.1 Å². The Bertz CT molecular complexity index is 472. The van der Waals surface area contributed by atoms with Crippen LogP contribution in [0.25, 0.3) is 0 Å². The van der Waals surface area contributed by atoms with Crippen LogP contribution < -0.4 is 5.32 Å². The standard InChI is InChI=1S/C13H19N3O5/c1-15(2)7-9-21-8-6-14-12-10(13(17)18)4-3-5-11(12)16(19)20/h3-5,14H,6-9H2,1-2H3,(H,17,18). The molecule has 1 aromatic carbocycles. The van der Waals surface area contributed by atoms with Crippen molar-refractivity contribution in [3.05, 3.63) is 33.9 Å². The molecule has 116 valence electrons. The number of hydrogen-bond acceptors (Lipinski definition) is 6. The number of nitro groups is 1. The van der Waals surface area contributed by atoms with Gasteiger partial charge in [-0.2, -0.15) is 0 Å². The number of aromatic carboxylic acids is 1. The van der Waals surface area contributed by atoms with Crippen LogP contribution in [0, 0.1) is 10.1 Å². The molecule has 0 saturated heterocycles. The van der Waals surface area contributed by atoms with Gasteiger partial charge in [-0.15, -0.1) is 0 Å². The molecule has 0 aromatic heterocycles. The Hall–Kier alpha value is -2.19. The highest BCUT2D eigenvalue weighted by molar-refractivity contribution is 5.96. The Kier molecular flexibility index (Phi) is 6.57. The number of carboxylic acids is 1. The lowest BCUT2D eigenvalue weighted by Gasteiger charge is -2.12. The topological polar surface area (TPSA) is 105 Å². The van der Waals surface area contributed by atoms with Crippen molar-refractivity contribution in [3.63, 3.8) is 0 Å². The number of rotatable bonds is 9. The maximum Gasteiger partial charge on any atom is 0.338 e. The van der Waals surface area contributed by atoms with Gasteiger partial charge in [0.05, 0.1) is 23.7 Å². The Morgan fingerprint density at radius 3 is 2.71 bits per heavy atom. The second kappa shape index (κ2) is 8.18. The number of carboxylic acid groups (broad SMARTS) is 1. The van der Waals surface area contributed by atoms with Gasteiger partial charge >= 0.3 is 5.97 Å². The number of nitrogens with zero attached hydrogens (tertiary/aromatic N) is 2. The lowest BCUT2D eigenvalue weighted by Crippen LogP contribution is -2.20. The lowest BCUT2D eigenvalue weighted by atomic mass is 10.1. The molecule has 0 heterocycles. The van der Waals surface area contributed by atoms with Crippen LogP contribution in [0.1, 0.15) is 10.4 Å². The quantitative estimate of drug-likeness (QED) is 0.402. The van der Waals surface area contributed by atoms with Crippen LogP contribution in [-0.4, -0.2) is 61.3 Å². The highest BCUT2D eigenvalue weighted by Gasteiger charge is 2.20. The van der Waals surface area contributed by atoms with Gasteiger partial charge in [0, 0.05) is 19.2 Å². The van der Waals surface area contributed by atoms with Crippen molar-refractivity contribution in [2.24, 2.45) is 0 Å². The molecule has 0 bridgehead atoms. The zero-order chi connectivity index (χ0) is 15.8. The fraction of sp³-hybridized carbons (Fsp3) is 0.462. The predicted molar refractivity (Wildman–Crippen MR) is 77.9 cm³/mol. The number of hydrogen-bond donors (Lipinski definition) is 2. The molecule has 21 heavy (non-hydrogen) atoms. The zero-order valence-electron chi connectivity index (χ0n) is 12.0. The summed E-state index contributed by atoms with van der Waals surface area (Å²) in [4.78, 5) is 23.4. The second-order valence-electron chi connectivity index (χ2n) is 4.60. The van der Waals surface area contributed by atoms with E-state index < -0.39 is 10.9 Å². The SMILES string of the molecule is CN(C)CCOCCNc1c(C(=O)O)cccc1[N+](=O)[O-]. The van der Waals surface area contributed by atoms with Crippen molar-refractivity contribution in [3.8, 4) is 0 Å². The van der Waals surface area contributed by atoms with Gasteiger partial charge < -0.3 is 20.1 Å². The summed E-state index contributed by atoms with van der Waals surface area (Å²) in [6.45, 7) is 1.93. The van der Waals surface area contributed by atoms with Gasteiger partial charge in [-0.25, -0.2) is 4.79 Å². The van der Waals surface area contributed by atoms with E-state index in [0.717, 1.165) is 6.54 Å². The molecule has 0 aliphatic heterocycles. The average Bonchev–Trinajstić information content (AvgIpc) is 2.41. The van der Waals surface area contributed by atoms with Crippen LogP contribution in [0.2, 0.25) is 0 Å². The third kappa shape index (κ3) is 5.36. The van der Waals surface area contributed by atoms with E-state index in [9.17, 15) is 14.9 Å². The first kappa shape index (κ1) is 16.9. The van der Waals surface area contributed by atoms with Crippen LogP contribution in [-0.2, 0) is 4.74 Å². The Balaban J connectivity index is 2.64. The van der Waals surface area contributed by atoms with E-state index in [0.29, 0.717) is 19.8 Å². The molecule has 0 aliphatic rings. The van der Waals surface area contributed by atoms with Crippen molar-refractivity contribution in [1.82, 2.24) is 4.90 Å². The number of para-hydroxylation sites is 1. The first-order valence-corrected chi connectivity index (χ1v) is 6.40. The number of ether oxygens (including phenoxy) is 1. The summed E-state index contributed by atoms with van der Waals surface area (Å²) < 4.78 is 5.35. The first-order valence-electron chi connectivity index (χ1n) is 6.40. The minimum atomic E-state index is -1.21. The van der Waals surface area contributed by atoms with Crippen molar-refractivity contribution in [1.29, 1.82) is 0 Å².